The Labute approximate surface area is 191 Å². The highest BCUT2D eigenvalue weighted by Gasteiger charge is 2.17. The number of hydrogen-bond acceptors (Lipinski definition) is 5. The summed E-state index contributed by atoms with van der Waals surface area (Å²) in [7, 11) is -4.48. The van der Waals surface area contributed by atoms with Crippen LogP contribution in [0.4, 0.5) is 22.7 Å². The fourth-order valence-corrected chi connectivity index (χ4v) is 4.40. The van der Waals surface area contributed by atoms with Crippen LogP contribution in [-0.2, 0) is 10.1 Å². The van der Waals surface area contributed by atoms with Crippen LogP contribution in [-0.4, -0.2) is 13.0 Å². The molecule has 0 aliphatic carbocycles. The number of rotatable bonds is 5. The summed E-state index contributed by atoms with van der Waals surface area (Å²) in [5.74, 6) is 0. The molecule has 6 nitrogen and oxygen atoms in total. The summed E-state index contributed by atoms with van der Waals surface area (Å²) in [6.07, 6.45) is 0. The molecule has 5 aromatic rings. The maximum absolute atomic E-state index is 12.0. The number of benzene rings is 5. The van der Waals surface area contributed by atoms with Crippen molar-refractivity contribution in [2.24, 2.45) is 10.2 Å². The van der Waals surface area contributed by atoms with Gasteiger partial charge in [-0.2, -0.15) is 8.42 Å². The molecule has 7 heteroatoms. The second-order valence-electron chi connectivity index (χ2n) is 7.51. The quantitative estimate of drug-likeness (QED) is 0.214. The summed E-state index contributed by atoms with van der Waals surface area (Å²) in [4.78, 5) is -0.281. The molecule has 0 radical (unpaired) electrons. The van der Waals surface area contributed by atoms with E-state index in [0.29, 0.717) is 11.1 Å². The van der Waals surface area contributed by atoms with Crippen LogP contribution in [0.5, 0.6) is 0 Å². The van der Waals surface area contributed by atoms with Gasteiger partial charge in [0.05, 0.1) is 5.69 Å². The Kier molecular flexibility index (Phi) is 5.34. The average molecular weight is 454 g/mol. The van der Waals surface area contributed by atoms with Crippen LogP contribution >= 0.6 is 0 Å². The molecule has 0 amide bonds. The van der Waals surface area contributed by atoms with Crippen molar-refractivity contribution in [2.75, 3.05) is 5.32 Å². The lowest BCUT2D eigenvalue weighted by Gasteiger charge is -2.11. The average Bonchev–Trinajstić information content (AvgIpc) is 2.83. The normalized spacial score (nSPS) is 11.9. The number of nitrogens with zero attached hydrogens (tertiary/aromatic N) is 2. The molecule has 0 bridgehead atoms. The smallest absolute Gasteiger partial charge is 0.296 e. The van der Waals surface area contributed by atoms with Crippen molar-refractivity contribution in [3.8, 4) is 0 Å². The van der Waals surface area contributed by atoms with E-state index in [9.17, 15) is 13.0 Å². The molecule has 5 rings (SSSR count). The van der Waals surface area contributed by atoms with Crippen LogP contribution < -0.4 is 5.32 Å². The van der Waals surface area contributed by atoms with Crippen molar-refractivity contribution in [3.63, 3.8) is 0 Å². The van der Waals surface area contributed by atoms with Crippen LogP contribution in [0, 0.1) is 0 Å². The van der Waals surface area contributed by atoms with Gasteiger partial charge in [-0.1, -0.05) is 66.7 Å². The minimum absolute atomic E-state index is 0.0757. The Morgan fingerprint density at radius 3 is 1.97 bits per heavy atom. The van der Waals surface area contributed by atoms with E-state index in [2.05, 4.69) is 15.5 Å². The third-order valence-electron chi connectivity index (χ3n) is 5.32. The van der Waals surface area contributed by atoms with E-state index in [0.717, 1.165) is 27.5 Å². The third-order valence-corrected chi connectivity index (χ3v) is 6.21. The van der Waals surface area contributed by atoms with E-state index in [1.807, 2.05) is 78.9 Å². The zero-order chi connectivity index (χ0) is 22.8. The van der Waals surface area contributed by atoms with Gasteiger partial charge in [-0.15, -0.1) is 10.2 Å². The summed E-state index contributed by atoms with van der Waals surface area (Å²) >= 11 is 0. The maximum Gasteiger partial charge on any atom is 0.296 e. The van der Waals surface area contributed by atoms with Gasteiger partial charge < -0.3 is 5.32 Å². The molecule has 2 N–H and O–H groups in total. The highest BCUT2D eigenvalue weighted by atomic mass is 32.2. The molecule has 0 saturated carbocycles. The summed E-state index contributed by atoms with van der Waals surface area (Å²) in [6.45, 7) is 0. The predicted molar refractivity (Wildman–Crippen MR) is 132 cm³/mol. The van der Waals surface area contributed by atoms with Gasteiger partial charge in [0.15, 0.2) is 0 Å². The number of anilines is 2. The van der Waals surface area contributed by atoms with E-state index in [1.54, 1.807) is 18.2 Å². The first kappa shape index (κ1) is 20.8. The third kappa shape index (κ3) is 4.32. The molecule has 0 spiro atoms. The van der Waals surface area contributed by atoms with Crippen LogP contribution in [0.25, 0.3) is 21.5 Å². The molecule has 0 heterocycles. The van der Waals surface area contributed by atoms with Gasteiger partial charge in [0.25, 0.3) is 10.1 Å². The van der Waals surface area contributed by atoms with Crippen LogP contribution in [0.3, 0.4) is 0 Å². The molecular formula is C26H19N3O3S. The van der Waals surface area contributed by atoms with E-state index >= 15 is 0 Å². The van der Waals surface area contributed by atoms with E-state index in [-0.39, 0.29) is 10.6 Å². The van der Waals surface area contributed by atoms with E-state index in [1.165, 1.54) is 6.07 Å². The Balaban J connectivity index is 1.60. The molecule has 0 aromatic heterocycles. The largest absolute Gasteiger partial charge is 0.355 e. The van der Waals surface area contributed by atoms with Crippen LogP contribution in [0.2, 0.25) is 0 Å². The van der Waals surface area contributed by atoms with Crippen LogP contribution in [0.1, 0.15) is 0 Å². The predicted octanol–water partition coefficient (Wildman–Crippen LogP) is 7.40. The summed E-state index contributed by atoms with van der Waals surface area (Å²) in [6, 6.07) is 31.6. The number of nitrogens with one attached hydrogen (secondary N) is 1. The topological polar surface area (TPSA) is 91.1 Å². The second-order valence-corrected chi connectivity index (χ2v) is 8.90. The van der Waals surface area contributed by atoms with Crippen LogP contribution in [0.15, 0.2) is 118 Å². The Bertz CT molecular complexity index is 1610. The lowest BCUT2D eigenvalue weighted by Crippen LogP contribution is -1.98. The standard InChI is InChI=1S/C26H19N3O3S/c30-33(31,32)26-17-19-9-5-4-8-18(19)16-25(26)29-28-24-15-14-23(21-12-6-7-13-22(21)24)27-20-10-2-1-3-11-20/h1-17,27H,(H,30,31,32). The van der Waals surface area contributed by atoms with Crippen molar-refractivity contribution in [3.05, 3.63) is 103 Å². The first-order chi connectivity index (χ1) is 16.0. The number of para-hydroxylation sites is 1. The van der Waals surface area contributed by atoms with E-state index < -0.39 is 10.1 Å². The molecule has 0 saturated heterocycles. The molecule has 0 aliphatic heterocycles. The molecule has 0 aliphatic rings. The zero-order valence-corrected chi connectivity index (χ0v) is 18.2. The summed E-state index contributed by atoms with van der Waals surface area (Å²) in [5, 5.41) is 15.3. The van der Waals surface area contributed by atoms with Crippen molar-refractivity contribution in [1.29, 1.82) is 0 Å². The minimum atomic E-state index is -4.48. The summed E-state index contributed by atoms with van der Waals surface area (Å²) in [5.41, 5.74) is 2.54. The second kappa shape index (κ2) is 8.46. The fraction of sp³-hybridized carbons (Fsp3) is 0. The molecule has 33 heavy (non-hydrogen) atoms. The van der Waals surface area contributed by atoms with Crippen molar-refractivity contribution < 1.29 is 13.0 Å². The first-order valence-electron chi connectivity index (χ1n) is 10.2. The highest BCUT2D eigenvalue weighted by molar-refractivity contribution is 7.86. The van der Waals surface area contributed by atoms with Gasteiger partial charge in [-0.3, -0.25) is 4.55 Å². The summed E-state index contributed by atoms with van der Waals surface area (Å²) < 4.78 is 33.7. The van der Waals surface area contributed by atoms with Gasteiger partial charge in [-0.05, 0) is 47.2 Å². The monoisotopic (exact) mass is 453 g/mol. The molecular weight excluding hydrogens is 434 g/mol. The van der Waals surface area contributed by atoms with Gasteiger partial charge >= 0.3 is 0 Å². The lowest BCUT2D eigenvalue weighted by molar-refractivity contribution is 0.483. The number of fused-ring (bicyclic) bond motifs is 2. The Morgan fingerprint density at radius 1 is 0.636 bits per heavy atom. The van der Waals surface area contributed by atoms with Crippen molar-refractivity contribution in [2.45, 2.75) is 4.90 Å². The zero-order valence-electron chi connectivity index (χ0n) is 17.4. The maximum atomic E-state index is 12.0. The molecule has 0 unspecified atom stereocenters. The first-order valence-corrected chi connectivity index (χ1v) is 11.7. The number of azo groups is 1. The minimum Gasteiger partial charge on any atom is -0.355 e. The Morgan fingerprint density at radius 2 is 1.24 bits per heavy atom. The van der Waals surface area contributed by atoms with Crippen molar-refractivity contribution >= 4 is 54.4 Å². The van der Waals surface area contributed by atoms with Gasteiger partial charge in [0, 0.05) is 22.1 Å². The van der Waals surface area contributed by atoms with Crippen molar-refractivity contribution in [1.82, 2.24) is 0 Å². The molecule has 162 valence electrons. The highest BCUT2D eigenvalue weighted by Crippen LogP contribution is 2.36. The molecule has 5 aromatic carbocycles. The molecule has 0 fully saturated rings. The van der Waals surface area contributed by atoms with Gasteiger partial charge in [0.1, 0.15) is 10.6 Å². The fourth-order valence-electron chi connectivity index (χ4n) is 3.76. The van der Waals surface area contributed by atoms with Gasteiger partial charge in [0.2, 0.25) is 0 Å². The molecule has 0 atom stereocenters. The van der Waals surface area contributed by atoms with Gasteiger partial charge in [-0.25, -0.2) is 0 Å². The SMILES string of the molecule is O=S(=O)(O)c1cc2ccccc2cc1N=Nc1ccc(Nc2ccccc2)c2ccccc12. The Hall–Kier alpha value is -4.07. The number of hydrogen-bond donors (Lipinski definition) is 2. The lowest BCUT2D eigenvalue weighted by atomic mass is 10.1. The van der Waals surface area contributed by atoms with E-state index in [4.69, 9.17) is 0 Å².